The lowest BCUT2D eigenvalue weighted by atomic mass is 9.96. The summed E-state index contributed by atoms with van der Waals surface area (Å²) in [7, 11) is 0. The summed E-state index contributed by atoms with van der Waals surface area (Å²) in [5, 5.41) is 12.7. The van der Waals surface area contributed by atoms with Crippen LogP contribution in [0, 0.1) is 5.92 Å². The lowest BCUT2D eigenvalue weighted by Crippen LogP contribution is -2.34. The molecule has 0 aliphatic heterocycles. The van der Waals surface area contributed by atoms with Crippen LogP contribution in [-0.4, -0.2) is 17.7 Å². The number of phenols is 1. The molecule has 0 saturated carbocycles. The summed E-state index contributed by atoms with van der Waals surface area (Å²) in [5.41, 5.74) is 1.29. The second-order valence-corrected chi connectivity index (χ2v) is 4.61. The third kappa shape index (κ3) is 4.23. The number of hydrogen-bond acceptors (Lipinski definition) is 2. The van der Waals surface area contributed by atoms with E-state index in [0.717, 1.165) is 19.4 Å². The SMILES string of the molecule is CCNC(CCc1ccc(O)cc1)C(C)C. The molecule has 0 heterocycles. The Kier molecular flexibility index (Phi) is 5.33. The zero-order chi connectivity index (χ0) is 12.0. The number of rotatable bonds is 6. The van der Waals surface area contributed by atoms with Crippen molar-refractivity contribution in [1.82, 2.24) is 5.32 Å². The molecule has 1 aromatic carbocycles. The van der Waals surface area contributed by atoms with Crippen molar-refractivity contribution in [1.29, 1.82) is 0 Å². The predicted octanol–water partition coefficient (Wildman–Crippen LogP) is 2.96. The fourth-order valence-electron chi connectivity index (χ4n) is 1.92. The first-order valence-corrected chi connectivity index (χ1v) is 6.14. The average Bonchev–Trinajstić information content (AvgIpc) is 2.26. The molecule has 2 heteroatoms. The lowest BCUT2D eigenvalue weighted by molar-refractivity contribution is 0.385. The van der Waals surface area contributed by atoms with Crippen LogP contribution in [0.3, 0.4) is 0 Å². The van der Waals surface area contributed by atoms with Crippen LogP contribution >= 0.6 is 0 Å². The molecule has 0 radical (unpaired) electrons. The Morgan fingerprint density at radius 1 is 1.19 bits per heavy atom. The average molecular weight is 221 g/mol. The summed E-state index contributed by atoms with van der Waals surface area (Å²) in [6.45, 7) is 7.68. The molecule has 1 unspecified atom stereocenters. The molecule has 16 heavy (non-hydrogen) atoms. The van der Waals surface area contributed by atoms with Crippen LogP contribution in [0.15, 0.2) is 24.3 Å². The molecule has 0 saturated heterocycles. The number of benzene rings is 1. The molecule has 1 atom stereocenters. The molecular weight excluding hydrogens is 198 g/mol. The summed E-state index contributed by atoms with van der Waals surface area (Å²) >= 11 is 0. The highest BCUT2D eigenvalue weighted by Gasteiger charge is 2.11. The third-order valence-electron chi connectivity index (χ3n) is 2.95. The minimum atomic E-state index is 0.343. The maximum Gasteiger partial charge on any atom is 0.115 e. The van der Waals surface area contributed by atoms with Crippen LogP contribution in [0.1, 0.15) is 32.8 Å². The summed E-state index contributed by atoms with van der Waals surface area (Å²) in [5.74, 6) is 1.01. The largest absolute Gasteiger partial charge is 0.508 e. The second-order valence-electron chi connectivity index (χ2n) is 4.61. The van der Waals surface area contributed by atoms with E-state index in [0.29, 0.717) is 17.7 Å². The minimum Gasteiger partial charge on any atom is -0.508 e. The van der Waals surface area contributed by atoms with Crippen molar-refractivity contribution in [3.05, 3.63) is 29.8 Å². The van der Waals surface area contributed by atoms with Gasteiger partial charge in [0.05, 0.1) is 0 Å². The predicted molar refractivity (Wildman–Crippen MR) is 68.7 cm³/mol. The van der Waals surface area contributed by atoms with E-state index in [1.807, 2.05) is 12.1 Å². The fraction of sp³-hybridized carbons (Fsp3) is 0.571. The van der Waals surface area contributed by atoms with Gasteiger partial charge in [-0.05, 0) is 43.0 Å². The van der Waals surface area contributed by atoms with Crippen molar-refractivity contribution in [2.45, 2.75) is 39.7 Å². The Morgan fingerprint density at radius 2 is 1.81 bits per heavy atom. The molecule has 1 aromatic rings. The van der Waals surface area contributed by atoms with Crippen LogP contribution in [0.4, 0.5) is 0 Å². The summed E-state index contributed by atoms with van der Waals surface area (Å²) in [4.78, 5) is 0. The first kappa shape index (κ1) is 13.0. The van der Waals surface area contributed by atoms with Gasteiger partial charge in [0.1, 0.15) is 5.75 Å². The van der Waals surface area contributed by atoms with Crippen molar-refractivity contribution in [3.8, 4) is 5.75 Å². The molecule has 90 valence electrons. The first-order valence-electron chi connectivity index (χ1n) is 6.14. The molecule has 0 fully saturated rings. The number of aryl methyl sites for hydroxylation is 1. The van der Waals surface area contributed by atoms with E-state index in [4.69, 9.17) is 0 Å². The number of phenolic OH excluding ortho intramolecular Hbond substituents is 1. The number of hydrogen-bond donors (Lipinski definition) is 2. The van der Waals surface area contributed by atoms with Gasteiger partial charge in [0.2, 0.25) is 0 Å². The van der Waals surface area contributed by atoms with Gasteiger partial charge >= 0.3 is 0 Å². The lowest BCUT2D eigenvalue weighted by Gasteiger charge is -2.21. The molecule has 0 amide bonds. The Bertz CT molecular complexity index is 292. The molecule has 1 rings (SSSR count). The zero-order valence-electron chi connectivity index (χ0n) is 10.5. The Labute approximate surface area is 98.7 Å². The summed E-state index contributed by atoms with van der Waals surface area (Å²) in [6, 6.07) is 8.09. The van der Waals surface area contributed by atoms with Crippen LogP contribution in [0.2, 0.25) is 0 Å². The minimum absolute atomic E-state index is 0.343. The second kappa shape index (κ2) is 6.54. The molecule has 0 aliphatic carbocycles. The van der Waals surface area contributed by atoms with Crippen LogP contribution < -0.4 is 5.32 Å². The van der Waals surface area contributed by atoms with Gasteiger partial charge in [0.25, 0.3) is 0 Å². The highest BCUT2D eigenvalue weighted by Crippen LogP contribution is 2.14. The van der Waals surface area contributed by atoms with Gasteiger partial charge in [-0.25, -0.2) is 0 Å². The van der Waals surface area contributed by atoms with E-state index in [1.54, 1.807) is 12.1 Å². The highest BCUT2D eigenvalue weighted by molar-refractivity contribution is 5.25. The maximum absolute atomic E-state index is 9.19. The zero-order valence-corrected chi connectivity index (χ0v) is 10.5. The maximum atomic E-state index is 9.19. The summed E-state index contributed by atoms with van der Waals surface area (Å²) in [6.07, 6.45) is 2.21. The monoisotopic (exact) mass is 221 g/mol. The van der Waals surface area contributed by atoms with Crippen molar-refractivity contribution >= 4 is 0 Å². The van der Waals surface area contributed by atoms with Crippen LogP contribution in [0.5, 0.6) is 5.75 Å². The van der Waals surface area contributed by atoms with Gasteiger partial charge < -0.3 is 10.4 Å². The third-order valence-corrected chi connectivity index (χ3v) is 2.95. The van der Waals surface area contributed by atoms with E-state index >= 15 is 0 Å². The van der Waals surface area contributed by atoms with E-state index in [1.165, 1.54) is 5.56 Å². The highest BCUT2D eigenvalue weighted by atomic mass is 16.3. The Hall–Kier alpha value is -1.02. The van der Waals surface area contributed by atoms with Gasteiger partial charge in [-0.1, -0.05) is 32.9 Å². The van der Waals surface area contributed by atoms with Gasteiger partial charge in [-0.2, -0.15) is 0 Å². The van der Waals surface area contributed by atoms with Gasteiger partial charge in [-0.3, -0.25) is 0 Å². The van der Waals surface area contributed by atoms with Gasteiger partial charge in [-0.15, -0.1) is 0 Å². The normalized spacial score (nSPS) is 13.0. The fourth-order valence-corrected chi connectivity index (χ4v) is 1.92. The molecule has 0 bridgehead atoms. The van der Waals surface area contributed by atoms with Gasteiger partial charge in [0.15, 0.2) is 0 Å². The molecule has 2 N–H and O–H groups in total. The number of aromatic hydroxyl groups is 1. The topological polar surface area (TPSA) is 32.3 Å². The van der Waals surface area contributed by atoms with Crippen molar-refractivity contribution < 1.29 is 5.11 Å². The van der Waals surface area contributed by atoms with Crippen LogP contribution in [0.25, 0.3) is 0 Å². The van der Waals surface area contributed by atoms with Crippen molar-refractivity contribution in [2.24, 2.45) is 5.92 Å². The van der Waals surface area contributed by atoms with Crippen molar-refractivity contribution in [3.63, 3.8) is 0 Å². The quantitative estimate of drug-likeness (QED) is 0.774. The summed E-state index contributed by atoms with van der Waals surface area (Å²) < 4.78 is 0. The Balaban J connectivity index is 2.45. The van der Waals surface area contributed by atoms with Gasteiger partial charge in [0, 0.05) is 6.04 Å². The smallest absolute Gasteiger partial charge is 0.115 e. The Morgan fingerprint density at radius 3 is 2.31 bits per heavy atom. The molecule has 0 spiro atoms. The van der Waals surface area contributed by atoms with E-state index in [-0.39, 0.29) is 0 Å². The number of nitrogens with one attached hydrogen (secondary N) is 1. The molecular formula is C14H23NO. The molecule has 0 aliphatic rings. The van der Waals surface area contributed by atoms with Crippen LogP contribution in [-0.2, 0) is 6.42 Å². The standard InChI is InChI=1S/C14H23NO/c1-4-15-14(11(2)3)10-7-12-5-8-13(16)9-6-12/h5-6,8-9,11,14-16H,4,7,10H2,1-3H3. The van der Waals surface area contributed by atoms with E-state index in [2.05, 4.69) is 26.1 Å². The molecule has 0 aromatic heterocycles. The van der Waals surface area contributed by atoms with E-state index in [9.17, 15) is 5.11 Å². The molecule has 2 nitrogen and oxygen atoms in total. The first-order chi connectivity index (χ1) is 7.63. The van der Waals surface area contributed by atoms with Crippen molar-refractivity contribution in [2.75, 3.05) is 6.54 Å². The van der Waals surface area contributed by atoms with E-state index < -0.39 is 0 Å².